The molecule has 1 atom stereocenters. The van der Waals surface area contributed by atoms with Crippen LogP contribution in [0, 0.1) is 0 Å². The molecule has 0 aliphatic carbocycles. The number of hydrogen-bond acceptors (Lipinski definition) is 3. The normalized spacial score (nSPS) is 14.7. The molecule has 0 saturated carbocycles. The van der Waals surface area contributed by atoms with Crippen molar-refractivity contribution in [3.8, 4) is 0 Å². The number of benzene rings is 2. The van der Waals surface area contributed by atoms with Gasteiger partial charge in [0.05, 0.1) is 5.54 Å². The summed E-state index contributed by atoms with van der Waals surface area (Å²) in [5, 5.41) is 0. The highest BCUT2D eigenvalue weighted by molar-refractivity contribution is 5.73. The van der Waals surface area contributed by atoms with Crippen LogP contribution in [0.3, 0.4) is 0 Å². The van der Waals surface area contributed by atoms with Gasteiger partial charge < -0.3 is 15.4 Å². The number of ether oxygens (including phenoxy) is 1. The van der Waals surface area contributed by atoms with E-state index in [-0.39, 0.29) is 0 Å². The van der Waals surface area contributed by atoms with Gasteiger partial charge in [-0.05, 0) is 55.9 Å². The van der Waals surface area contributed by atoms with Crippen molar-refractivity contribution in [1.29, 1.82) is 0 Å². The van der Waals surface area contributed by atoms with E-state index in [4.69, 9.17) is 10.5 Å². The van der Waals surface area contributed by atoms with E-state index in [1.54, 1.807) is 0 Å². The number of rotatable bonds is 8. The molecule has 0 radical (unpaired) electrons. The van der Waals surface area contributed by atoms with Crippen molar-refractivity contribution in [3.63, 3.8) is 0 Å². The van der Waals surface area contributed by atoms with E-state index in [1.165, 1.54) is 22.5 Å². The fraction of sp³-hybridized carbons (Fsp3) is 0.333. The van der Waals surface area contributed by atoms with Crippen molar-refractivity contribution in [2.45, 2.75) is 44.4 Å². The van der Waals surface area contributed by atoms with Crippen LogP contribution >= 0.6 is 0 Å². The van der Waals surface area contributed by atoms with Gasteiger partial charge in [-0.25, -0.2) is 0 Å². The number of hydrogen-bond donors (Lipinski definition) is 1. The molecule has 2 aromatic rings. The molecule has 0 aromatic heterocycles. The highest BCUT2D eigenvalue weighted by Crippen LogP contribution is 2.45. The van der Waals surface area contributed by atoms with Crippen LogP contribution in [0.5, 0.6) is 0 Å². The van der Waals surface area contributed by atoms with Gasteiger partial charge in [0.2, 0.25) is 0 Å². The van der Waals surface area contributed by atoms with Gasteiger partial charge in [-0.15, -0.1) is 13.2 Å². The van der Waals surface area contributed by atoms with Crippen molar-refractivity contribution in [1.82, 2.24) is 0 Å². The van der Waals surface area contributed by atoms with Gasteiger partial charge in [-0.2, -0.15) is 0 Å². The van der Waals surface area contributed by atoms with Crippen LogP contribution in [0.4, 0.5) is 11.4 Å². The van der Waals surface area contributed by atoms with Crippen molar-refractivity contribution in [2.75, 3.05) is 11.5 Å². The maximum Gasteiger partial charge on any atom is 0.130 e. The predicted molar refractivity (Wildman–Crippen MR) is 114 cm³/mol. The first-order valence-corrected chi connectivity index (χ1v) is 9.73. The van der Waals surface area contributed by atoms with Crippen molar-refractivity contribution in [3.05, 3.63) is 85.0 Å². The Balaban J connectivity index is 2.29. The van der Waals surface area contributed by atoms with Gasteiger partial charge in [-0.1, -0.05) is 48.6 Å². The smallest absolute Gasteiger partial charge is 0.130 e. The average molecular weight is 363 g/mol. The molecular formula is C24H30N2O. The molecule has 2 N–H and O–H groups in total. The van der Waals surface area contributed by atoms with Gasteiger partial charge in [0, 0.05) is 18.0 Å². The van der Waals surface area contributed by atoms with Crippen LogP contribution in [0.2, 0.25) is 0 Å². The fourth-order valence-corrected chi connectivity index (χ4v) is 4.22. The first kappa shape index (κ1) is 19.4. The highest BCUT2D eigenvalue weighted by Gasteiger charge is 2.44. The monoisotopic (exact) mass is 362 g/mol. The van der Waals surface area contributed by atoms with Crippen LogP contribution in [-0.2, 0) is 17.6 Å². The molecule has 142 valence electrons. The Kier molecular flexibility index (Phi) is 6.15. The van der Waals surface area contributed by atoms with Gasteiger partial charge in [-0.3, -0.25) is 0 Å². The van der Waals surface area contributed by atoms with Gasteiger partial charge in [0.15, 0.2) is 0 Å². The first-order valence-electron chi connectivity index (χ1n) is 9.73. The van der Waals surface area contributed by atoms with E-state index >= 15 is 0 Å². The topological polar surface area (TPSA) is 38.5 Å². The number of anilines is 2. The lowest BCUT2D eigenvalue weighted by Crippen LogP contribution is -2.59. The Bertz CT molecular complexity index is 741. The van der Waals surface area contributed by atoms with E-state index in [2.05, 4.69) is 66.6 Å². The summed E-state index contributed by atoms with van der Waals surface area (Å²) in [4.78, 5) is 2.40. The summed E-state index contributed by atoms with van der Waals surface area (Å²) in [6, 6.07) is 17.2. The molecule has 1 aliphatic heterocycles. The minimum Gasteiger partial charge on any atom is -0.361 e. The van der Waals surface area contributed by atoms with Gasteiger partial charge >= 0.3 is 0 Å². The number of fused-ring (bicyclic) bond motifs is 2. The maximum atomic E-state index is 6.67. The lowest BCUT2D eigenvalue weighted by molar-refractivity contribution is 0.0114. The molecular weight excluding hydrogens is 332 g/mol. The largest absolute Gasteiger partial charge is 0.361 e. The minimum atomic E-state index is -0.490. The van der Waals surface area contributed by atoms with Crippen molar-refractivity contribution < 1.29 is 4.74 Å². The summed E-state index contributed by atoms with van der Waals surface area (Å²) < 4.78 is 5.98. The van der Waals surface area contributed by atoms with Crippen LogP contribution in [0.1, 0.15) is 30.9 Å². The summed E-state index contributed by atoms with van der Waals surface area (Å²) in [6.45, 7) is 10.6. The third kappa shape index (κ3) is 3.58. The highest BCUT2D eigenvalue weighted by atomic mass is 16.5. The summed E-state index contributed by atoms with van der Waals surface area (Å²) in [5.41, 5.74) is 11.2. The summed E-state index contributed by atoms with van der Waals surface area (Å²) in [6.07, 6.45) is 6.82. The summed E-state index contributed by atoms with van der Waals surface area (Å²) >= 11 is 0. The number of nitrogens with zero attached hydrogens (tertiary/aromatic N) is 1. The lowest BCUT2D eigenvalue weighted by Gasteiger charge is -2.48. The predicted octanol–water partition coefficient (Wildman–Crippen LogP) is 5.14. The molecule has 1 heterocycles. The Morgan fingerprint density at radius 2 is 1.48 bits per heavy atom. The van der Waals surface area contributed by atoms with E-state index < -0.39 is 11.8 Å². The lowest BCUT2D eigenvalue weighted by atomic mass is 9.85. The van der Waals surface area contributed by atoms with Gasteiger partial charge in [0.1, 0.15) is 6.23 Å². The first-order chi connectivity index (χ1) is 13.2. The fourth-order valence-electron chi connectivity index (χ4n) is 4.22. The summed E-state index contributed by atoms with van der Waals surface area (Å²) in [5.74, 6) is 0. The maximum absolute atomic E-state index is 6.67. The van der Waals surface area contributed by atoms with E-state index in [0.29, 0.717) is 19.4 Å². The average Bonchev–Trinajstić information content (AvgIpc) is 2.85. The third-order valence-electron chi connectivity index (χ3n) is 5.45. The van der Waals surface area contributed by atoms with Crippen molar-refractivity contribution in [2.24, 2.45) is 5.73 Å². The SMILES string of the molecule is C=CCC(CC=C)(C(N)OCC)N1c2ccccc2CCc2ccccc21. The second-order valence-corrected chi connectivity index (χ2v) is 7.06. The van der Waals surface area contributed by atoms with Crippen molar-refractivity contribution >= 4 is 11.4 Å². The Hall–Kier alpha value is -2.36. The number of para-hydroxylation sites is 2. The van der Waals surface area contributed by atoms with Crippen LogP contribution in [0.15, 0.2) is 73.8 Å². The molecule has 3 nitrogen and oxygen atoms in total. The Morgan fingerprint density at radius 1 is 1.00 bits per heavy atom. The molecule has 0 amide bonds. The molecule has 1 unspecified atom stereocenters. The molecule has 27 heavy (non-hydrogen) atoms. The molecule has 1 aliphatic rings. The zero-order valence-corrected chi connectivity index (χ0v) is 16.2. The zero-order valence-electron chi connectivity index (χ0n) is 16.2. The molecule has 3 rings (SSSR count). The van der Waals surface area contributed by atoms with E-state index in [0.717, 1.165) is 12.8 Å². The standard InChI is InChI=1S/C24H30N2O/c1-4-17-24(18-5-2,23(25)27-6-3)26-21-13-9-7-11-19(21)15-16-20-12-8-10-14-22(20)26/h4-5,7-14,23H,1-2,6,15-18,25H2,3H3. The van der Waals surface area contributed by atoms with E-state index in [9.17, 15) is 0 Å². The second kappa shape index (κ2) is 8.55. The minimum absolute atomic E-state index is 0.474. The molecule has 0 saturated heterocycles. The third-order valence-corrected chi connectivity index (χ3v) is 5.45. The van der Waals surface area contributed by atoms with E-state index in [1.807, 2.05) is 19.1 Å². The Morgan fingerprint density at radius 3 is 1.93 bits per heavy atom. The Labute approximate surface area is 163 Å². The summed E-state index contributed by atoms with van der Waals surface area (Å²) in [7, 11) is 0. The molecule has 0 fully saturated rings. The second-order valence-electron chi connectivity index (χ2n) is 7.06. The quantitative estimate of drug-likeness (QED) is 0.522. The molecule has 3 heteroatoms. The zero-order chi connectivity index (χ0) is 19.3. The molecule has 0 spiro atoms. The number of nitrogens with two attached hydrogens (primary N) is 1. The molecule has 0 bridgehead atoms. The van der Waals surface area contributed by atoms with Crippen LogP contribution < -0.4 is 10.6 Å². The molecule has 2 aromatic carbocycles. The van der Waals surface area contributed by atoms with Crippen LogP contribution in [-0.4, -0.2) is 18.4 Å². The number of aryl methyl sites for hydroxylation is 2. The van der Waals surface area contributed by atoms with Crippen LogP contribution in [0.25, 0.3) is 0 Å². The van der Waals surface area contributed by atoms with Gasteiger partial charge in [0.25, 0.3) is 0 Å².